The molecule has 2 aromatic carbocycles. The Bertz CT molecular complexity index is 1050. The van der Waals surface area contributed by atoms with E-state index in [1.807, 2.05) is 18.2 Å². The van der Waals surface area contributed by atoms with E-state index in [0.29, 0.717) is 0 Å². The number of carbonyl (C=O) groups excluding carboxylic acids is 1. The van der Waals surface area contributed by atoms with Gasteiger partial charge in [-0.1, -0.05) is 44.2 Å². The van der Waals surface area contributed by atoms with Crippen LogP contribution in [-0.2, 0) is 5.41 Å². The van der Waals surface area contributed by atoms with Gasteiger partial charge in [-0.2, -0.15) is 24.3 Å². The van der Waals surface area contributed by atoms with Crippen LogP contribution in [0.1, 0.15) is 41.8 Å². The molecule has 6 heteroatoms. The molecule has 0 saturated carbocycles. The molecule has 1 amide bonds. The van der Waals surface area contributed by atoms with Crippen LogP contribution in [-0.4, -0.2) is 11.1 Å². The molecule has 0 spiro atoms. The van der Waals surface area contributed by atoms with E-state index < -0.39 is 0 Å². The first-order chi connectivity index (χ1) is 13.3. The number of benzene rings is 2. The second-order valence-electron chi connectivity index (χ2n) is 7.46. The molecule has 4 nitrogen and oxygen atoms in total. The molecular formula is C23H22KN2O2S-. The van der Waals surface area contributed by atoms with Gasteiger partial charge in [-0.05, 0) is 35.6 Å². The molecule has 4 rings (SSSR count). The van der Waals surface area contributed by atoms with Gasteiger partial charge >= 0.3 is 51.4 Å². The van der Waals surface area contributed by atoms with Crippen molar-refractivity contribution in [2.24, 2.45) is 0 Å². The van der Waals surface area contributed by atoms with Gasteiger partial charge in [0.2, 0.25) is 0 Å². The van der Waals surface area contributed by atoms with E-state index in [2.05, 4.69) is 68.6 Å². The van der Waals surface area contributed by atoms with E-state index in [0.717, 1.165) is 26.4 Å². The fourth-order valence-electron chi connectivity index (χ4n) is 2.48. The minimum absolute atomic E-state index is 0. The third kappa shape index (κ3) is 6.88. The molecule has 0 fully saturated rings. The van der Waals surface area contributed by atoms with Crippen molar-refractivity contribution in [2.75, 3.05) is 5.32 Å². The zero-order valence-corrected chi connectivity index (χ0v) is 21.3. The van der Waals surface area contributed by atoms with Gasteiger partial charge in [0.15, 0.2) is 0 Å². The molecule has 2 heterocycles. The summed E-state index contributed by atoms with van der Waals surface area (Å²) >= 11 is 1.51. The summed E-state index contributed by atoms with van der Waals surface area (Å²) < 4.78 is 6.03. The number of thiophene rings is 1. The summed E-state index contributed by atoms with van der Waals surface area (Å²) in [6.45, 7) is 8.27. The molecule has 0 atom stereocenters. The number of aromatic nitrogens is 1. The van der Waals surface area contributed by atoms with Crippen LogP contribution in [0, 0.1) is 19.2 Å². The van der Waals surface area contributed by atoms with E-state index in [-0.39, 0.29) is 62.7 Å². The maximum Gasteiger partial charge on any atom is 1.00 e. The van der Waals surface area contributed by atoms with Gasteiger partial charge in [-0.25, -0.2) is 5.16 Å². The SMILES string of the molecule is CC(C)(C)c1c[c-]no1.Cc1ccc2sc(C(=O)Nc3cc[c-]cc3)cc2c1.[K+]. The Balaban J connectivity index is 0.000000255. The molecule has 29 heavy (non-hydrogen) atoms. The standard InChI is InChI=1S/C16H12NOS.C7H10NO.K/c1-11-7-8-14-12(9-11)10-15(19-14)16(18)17-13-5-3-2-4-6-13;1-7(2,3)6-4-5-8-9-6;/h3-10H,1H3,(H,17,18);4H,1-3H3;/q2*-1;+1. The van der Waals surface area contributed by atoms with E-state index in [4.69, 9.17) is 4.52 Å². The Labute approximate surface area is 218 Å². The molecule has 2 aromatic heterocycles. The molecule has 0 aliphatic rings. The Hall–Kier alpha value is -1.28. The summed E-state index contributed by atoms with van der Waals surface area (Å²) in [5.74, 6) is 0.813. The second kappa shape index (κ2) is 10.7. The average molecular weight is 430 g/mol. The van der Waals surface area contributed by atoms with Crippen LogP contribution in [0.4, 0.5) is 5.69 Å². The normalized spacial score (nSPS) is 10.6. The minimum atomic E-state index is -0.0648. The summed E-state index contributed by atoms with van der Waals surface area (Å²) in [6, 6.07) is 20.1. The van der Waals surface area contributed by atoms with Crippen LogP contribution in [0.15, 0.2) is 59.1 Å². The molecule has 1 N–H and O–H groups in total. The van der Waals surface area contributed by atoms with Gasteiger partial charge in [0.1, 0.15) is 0 Å². The number of hydrogen-bond acceptors (Lipinski definition) is 4. The van der Waals surface area contributed by atoms with Gasteiger partial charge in [-0.3, -0.25) is 4.79 Å². The first-order valence-electron chi connectivity index (χ1n) is 8.94. The zero-order chi connectivity index (χ0) is 20.1. The van der Waals surface area contributed by atoms with E-state index in [1.165, 1.54) is 16.9 Å². The number of carbonyl (C=O) groups is 1. The number of aryl methyl sites for hydroxylation is 1. The molecule has 0 unspecified atom stereocenters. The molecule has 0 saturated heterocycles. The molecule has 0 radical (unpaired) electrons. The first kappa shape index (κ1) is 24.0. The summed E-state index contributed by atoms with van der Waals surface area (Å²) in [7, 11) is 0. The summed E-state index contributed by atoms with van der Waals surface area (Å²) in [5.41, 5.74) is 2.06. The van der Waals surface area contributed by atoms with Crippen molar-refractivity contribution in [1.82, 2.24) is 5.16 Å². The summed E-state index contributed by atoms with van der Waals surface area (Å²) in [6.07, 6.45) is 2.62. The smallest absolute Gasteiger partial charge is 0.470 e. The van der Waals surface area contributed by atoms with E-state index in [9.17, 15) is 4.79 Å². The number of nitrogens with zero attached hydrogens (tertiary/aromatic N) is 1. The number of amides is 1. The molecule has 4 aromatic rings. The van der Waals surface area contributed by atoms with Gasteiger partial charge in [0.05, 0.1) is 4.88 Å². The van der Waals surface area contributed by atoms with Crippen molar-refractivity contribution in [1.29, 1.82) is 0 Å². The maximum atomic E-state index is 12.2. The third-order valence-corrected chi connectivity index (χ3v) is 5.12. The largest absolute Gasteiger partial charge is 1.00 e. The zero-order valence-electron chi connectivity index (χ0n) is 17.4. The van der Waals surface area contributed by atoms with Gasteiger partial charge < -0.3 is 9.84 Å². The minimum Gasteiger partial charge on any atom is -0.470 e. The maximum absolute atomic E-state index is 12.2. The van der Waals surface area contributed by atoms with Crippen LogP contribution in [0.2, 0.25) is 0 Å². The monoisotopic (exact) mass is 429 g/mol. The number of rotatable bonds is 2. The number of fused-ring (bicyclic) bond motifs is 1. The molecule has 144 valence electrons. The first-order valence-corrected chi connectivity index (χ1v) is 9.75. The Morgan fingerprint density at radius 3 is 2.45 bits per heavy atom. The van der Waals surface area contributed by atoms with Crippen molar-refractivity contribution >= 4 is 33.0 Å². The third-order valence-electron chi connectivity index (χ3n) is 4.00. The number of nitrogens with one attached hydrogen (secondary N) is 1. The van der Waals surface area contributed by atoms with Crippen molar-refractivity contribution in [3.05, 3.63) is 83.1 Å². The van der Waals surface area contributed by atoms with Crippen molar-refractivity contribution < 1.29 is 60.7 Å². The molecule has 0 aliphatic carbocycles. The van der Waals surface area contributed by atoms with Crippen LogP contribution in [0.25, 0.3) is 10.1 Å². The van der Waals surface area contributed by atoms with E-state index in [1.54, 1.807) is 18.2 Å². The van der Waals surface area contributed by atoms with Gasteiger partial charge in [0, 0.05) is 4.70 Å². The molecule has 0 aliphatic heterocycles. The Morgan fingerprint density at radius 1 is 1.14 bits per heavy atom. The topological polar surface area (TPSA) is 55.1 Å². The quantitative estimate of drug-likeness (QED) is 0.394. The Morgan fingerprint density at radius 2 is 1.86 bits per heavy atom. The van der Waals surface area contributed by atoms with E-state index >= 15 is 0 Å². The van der Waals surface area contributed by atoms with Gasteiger partial charge in [-0.15, -0.1) is 29.7 Å². The molecular weight excluding hydrogens is 407 g/mol. The summed E-state index contributed by atoms with van der Waals surface area (Å²) in [4.78, 5) is 12.9. The number of anilines is 1. The van der Waals surface area contributed by atoms with Crippen LogP contribution < -0.4 is 56.7 Å². The number of hydrogen-bond donors (Lipinski definition) is 1. The predicted octanol–water partition coefficient (Wildman–Crippen LogP) is 3.04. The predicted molar refractivity (Wildman–Crippen MR) is 114 cm³/mol. The van der Waals surface area contributed by atoms with Crippen LogP contribution in [0.3, 0.4) is 0 Å². The summed E-state index contributed by atoms with van der Waals surface area (Å²) in [5, 5.41) is 7.50. The fourth-order valence-corrected chi connectivity index (χ4v) is 3.42. The van der Waals surface area contributed by atoms with Crippen LogP contribution in [0.5, 0.6) is 0 Å². The van der Waals surface area contributed by atoms with Crippen LogP contribution >= 0.6 is 11.3 Å². The molecule has 0 bridgehead atoms. The average Bonchev–Trinajstić information content (AvgIpc) is 3.32. The van der Waals surface area contributed by atoms with Crippen molar-refractivity contribution in [3.8, 4) is 0 Å². The second-order valence-corrected chi connectivity index (χ2v) is 8.55. The fraction of sp³-hybridized carbons (Fsp3) is 0.217. The van der Waals surface area contributed by atoms with Crippen molar-refractivity contribution in [3.63, 3.8) is 0 Å². The van der Waals surface area contributed by atoms with Gasteiger partial charge in [0.25, 0.3) is 5.91 Å². The Kier molecular flexibility index (Phi) is 8.82. The van der Waals surface area contributed by atoms with Crippen molar-refractivity contribution in [2.45, 2.75) is 33.1 Å².